The van der Waals surface area contributed by atoms with Crippen LogP contribution in [0.2, 0.25) is 0 Å². The van der Waals surface area contributed by atoms with E-state index in [0.717, 1.165) is 39.7 Å². The van der Waals surface area contributed by atoms with E-state index >= 15 is 0 Å². The molecule has 25 heavy (non-hydrogen) atoms. The van der Waals surface area contributed by atoms with E-state index in [4.69, 9.17) is 0 Å². The minimum atomic E-state index is 0.179. The Hall–Kier alpha value is -1.13. The Balaban J connectivity index is 1.71. The molecule has 4 heteroatoms. The van der Waals surface area contributed by atoms with E-state index in [-0.39, 0.29) is 5.43 Å². The molecular formula is C21H27BrN2O. The number of nitrogens with zero attached hydrogens (tertiary/aromatic N) is 1. The van der Waals surface area contributed by atoms with Gasteiger partial charge in [-0.3, -0.25) is 9.69 Å². The van der Waals surface area contributed by atoms with Crippen LogP contribution < -0.4 is 5.43 Å². The summed E-state index contributed by atoms with van der Waals surface area (Å²) in [5.41, 5.74) is 3.83. The number of fused-ring (bicyclic) bond motifs is 3. The van der Waals surface area contributed by atoms with Crippen molar-refractivity contribution >= 4 is 26.8 Å². The zero-order valence-electron chi connectivity index (χ0n) is 15.6. The zero-order valence-corrected chi connectivity index (χ0v) is 17.2. The van der Waals surface area contributed by atoms with Crippen LogP contribution in [0.1, 0.15) is 51.3 Å². The van der Waals surface area contributed by atoms with Crippen molar-refractivity contribution in [2.45, 2.75) is 59.5 Å². The number of nitrogens with one attached hydrogen (secondary N) is 1. The third-order valence-electron chi connectivity index (χ3n) is 6.16. The minimum Gasteiger partial charge on any atom is -0.358 e. The summed E-state index contributed by atoms with van der Waals surface area (Å²) in [5.74, 6) is 0. The molecule has 2 heterocycles. The maximum Gasteiger partial charge on any atom is 0.194 e. The molecule has 1 aliphatic heterocycles. The lowest BCUT2D eigenvalue weighted by Crippen LogP contribution is -2.35. The average Bonchev–Trinajstić information content (AvgIpc) is 2.73. The molecule has 0 spiro atoms. The lowest BCUT2D eigenvalue weighted by Gasteiger charge is -2.40. The Morgan fingerprint density at radius 2 is 2.04 bits per heavy atom. The molecular weight excluding hydrogens is 376 g/mol. The van der Waals surface area contributed by atoms with E-state index in [2.05, 4.69) is 46.6 Å². The number of hydrogen-bond acceptors (Lipinski definition) is 2. The van der Waals surface area contributed by atoms with Crippen molar-refractivity contribution in [2.24, 2.45) is 10.8 Å². The van der Waals surface area contributed by atoms with Crippen LogP contribution in [0, 0.1) is 17.8 Å². The van der Waals surface area contributed by atoms with Crippen molar-refractivity contribution in [1.29, 1.82) is 0 Å². The number of benzene rings is 1. The van der Waals surface area contributed by atoms with Gasteiger partial charge in [-0.15, -0.1) is 0 Å². The van der Waals surface area contributed by atoms with Gasteiger partial charge in [0.2, 0.25) is 0 Å². The van der Waals surface area contributed by atoms with Crippen molar-refractivity contribution in [3.63, 3.8) is 0 Å². The normalized spacial score (nSPS) is 28.6. The highest BCUT2D eigenvalue weighted by Gasteiger charge is 2.49. The van der Waals surface area contributed by atoms with Crippen LogP contribution >= 0.6 is 15.9 Å². The molecule has 2 bridgehead atoms. The predicted molar refractivity (Wildman–Crippen MR) is 107 cm³/mol. The number of hydrogen-bond donors (Lipinski definition) is 1. The summed E-state index contributed by atoms with van der Waals surface area (Å²) in [4.78, 5) is 19.1. The molecule has 1 aromatic heterocycles. The van der Waals surface area contributed by atoms with Crippen LogP contribution in [0.4, 0.5) is 0 Å². The molecule has 1 aromatic carbocycles. The maximum atomic E-state index is 13.1. The van der Waals surface area contributed by atoms with Crippen LogP contribution in [0.15, 0.2) is 27.5 Å². The molecule has 2 fully saturated rings. The first-order valence-corrected chi connectivity index (χ1v) is 10.0. The SMILES string of the molecule is Cc1[nH]c2ccc(Br)cc2c(=O)c1CN1C[C@@]2(C)C[C@H]1CC(C)(C)C2. The molecule has 2 aliphatic rings. The van der Waals surface area contributed by atoms with Gasteiger partial charge in [-0.1, -0.05) is 36.7 Å². The second-order valence-electron chi connectivity index (χ2n) is 9.37. The summed E-state index contributed by atoms with van der Waals surface area (Å²) in [6, 6.07) is 6.49. The fourth-order valence-corrected chi connectivity index (χ4v) is 5.94. The van der Waals surface area contributed by atoms with Crippen molar-refractivity contribution < 1.29 is 0 Å². The fourth-order valence-electron chi connectivity index (χ4n) is 5.58. The van der Waals surface area contributed by atoms with Crippen molar-refractivity contribution in [3.8, 4) is 0 Å². The van der Waals surface area contributed by atoms with Crippen LogP contribution in [0.5, 0.6) is 0 Å². The first-order chi connectivity index (χ1) is 11.7. The maximum absolute atomic E-state index is 13.1. The summed E-state index contributed by atoms with van der Waals surface area (Å²) in [5, 5.41) is 0.781. The van der Waals surface area contributed by atoms with Crippen molar-refractivity contribution in [1.82, 2.24) is 9.88 Å². The Kier molecular flexibility index (Phi) is 3.93. The molecule has 2 aromatic rings. The van der Waals surface area contributed by atoms with Gasteiger partial charge in [0, 0.05) is 45.8 Å². The molecule has 1 saturated carbocycles. The Labute approximate surface area is 157 Å². The highest BCUT2D eigenvalue weighted by molar-refractivity contribution is 9.10. The van der Waals surface area contributed by atoms with Gasteiger partial charge >= 0.3 is 0 Å². The summed E-state index contributed by atoms with van der Waals surface area (Å²) in [7, 11) is 0. The number of rotatable bonds is 2. The van der Waals surface area contributed by atoms with Gasteiger partial charge < -0.3 is 4.98 Å². The number of likely N-dealkylation sites (tertiary alicyclic amines) is 1. The van der Waals surface area contributed by atoms with E-state index in [0.29, 0.717) is 16.9 Å². The topological polar surface area (TPSA) is 36.1 Å². The number of aromatic amines is 1. The van der Waals surface area contributed by atoms with E-state index in [1.165, 1.54) is 19.3 Å². The van der Waals surface area contributed by atoms with Gasteiger partial charge in [-0.05, 0) is 55.2 Å². The smallest absolute Gasteiger partial charge is 0.194 e. The van der Waals surface area contributed by atoms with Gasteiger partial charge in [0.1, 0.15) is 0 Å². The third kappa shape index (κ3) is 3.08. The molecule has 4 rings (SSSR count). The summed E-state index contributed by atoms with van der Waals surface area (Å²) >= 11 is 3.49. The molecule has 1 N–H and O–H groups in total. The zero-order chi connectivity index (χ0) is 18.0. The largest absolute Gasteiger partial charge is 0.358 e. The van der Waals surface area contributed by atoms with Gasteiger partial charge in [0.05, 0.1) is 0 Å². The second kappa shape index (κ2) is 5.68. The molecule has 0 amide bonds. The van der Waals surface area contributed by atoms with Crippen LogP contribution in [-0.2, 0) is 6.54 Å². The summed E-state index contributed by atoms with van der Waals surface area (Å²) in [6.45, 7) is 11.1. The summed E-state index contributed by atoms with van der Waals surface area (Å²) < 4.78 is 0.951. The molecule has 134 valence electrons. The quantitative estimate of drug-likeness (QED) is 0.766. The monoisotopic (exact) mass is 402 g/mol. The molecule has 2 atom stereocenters. The Bertz CT molecular complexity index is 901. The van der Waals surface area contributed by atoms with Gasteiger partial charge in [0.15, 0.2) is 5.43 Å². The lowest BCUT2D eigenvalue weighted by atomic mass is 9.65. The van der Waals surface area contributed by atoms with Gasteiger partial charge in [-0.2, -0.15) is 0 Å². The Morgan fingerprint density at radius 3 is 2.80 bits per heavy atom. The lowest BCUT2D eigenvalue weighted by molar-refractivity contribution is 0.126. The van der Waals surface area contributed by atoms with Gasteiger partial charge in [0.25, 0.3) is 0 Å². The standard InChI is InChI=1S/C21H27BrN2O/c1-13-17(19(25)16-7-14(22)5-6-18(16)23-13)10-24-12-21(4)9-15(24)8-20(2,3)11-21/h5-7,15H,8-12H2,1-4H3,(H,23,25)/t15-,21+/m1/s1. The molecule has 0 radical (unpaired) electrons. The number of pyridine rings is 1. The first kappa shape index (κ1) is 17.3. The summed E-state index contributed by atoms with van der Waals surface area (Å²) in [6.07, 6.45) is 3.79. The molecule has 1 aliphatic carbocycles. The molecule has 1 saturated heterocycles. The average molecular weight is 403 g/mol. The molecule has 0 unspecified atom stereocenters. The highest BCUT2D eigenvalue weighted by atomic mass is 79.9. The van der Waals surface area contributed by atoms with Crippen LogP contribution in [0.25, 0.3) is 10.9 Å². The van der Waals surface area contributed by atoms with E-state index < -0.39 is 0 Å². The van der Waals surface area contributed by atoms with Crippen LogP contribution in [-0.4, -0.2) is 22.5 Å². The van der Waals surface area contributed by atoms with Crippen LogP contribution in [0.3, 0.4) is 0 Å². The number of aryl methyl sites for hydroxylation is 1. The number of H-pyrrole nitrogens is 1. The van der Waals surface area contributed by atoms with E-state index in [9.17, 15) is 4.79 Å². The highest BCUT2D eigenvalue weighted by Crippen LogP contribution is 2.52. The van der Waals surface area contributed by atoms with Gasteiger partial charge in [-0.25, -0.2) is 0 Å². The minimum absolute atomic E-state index is 0.179. The Morgan fingerprint density at radius 1 is 1.28 bits per heavy atom. The fraction of sp³-hybridized carbons (Fsp3) is 0.571. The first-order valence-electron chi connectivity index (χ1n) is 9.21. The van der Waals surface area contributed by atoms with Crippen molar-refractivity contribution in [3.05, 3.63) is 44.2 Å². The van der Waals surface area contributed by atoms with Crippen molar-refractivity contribution in [2.75, 3.05) is 6.54 Å². The van der Waals surface area contributed by atoms with E-state index in [1.54, 1.807) is 0 Å². The third-order valence-corrected chi connectivity index (χ3v) is 6.65. The predicted octanol–water partition coefficient (Wildman–Crippen LogP) is 5.00. The van der Waals surface area contributed by atoms with E-state index in [1.807, 2.05) is 25.1 Å². The molecule has 3 nitrogen and oxygen atoms in total. The second-order valence-corrected chi connectivity index (χ2v) is 10.3. The number of aromatic nitrogens is 1. The number of halogens is 1.